The molecule has 60 valence electrons. The van der Waals surface area contributed by atoms with Gasteiger partial charge in [-0.3, -0.25) is 9.20 Å². The summed E-state index contributed by atoms with van der Waals surface area (Å²) in [4.78, 5) is 18.6. The van der Waals surface area contributed by atoms with Crippen LogP contribution in [0.1, 0.15) is 16.2 Å². The van der Waals surface area contributed by atoms with Gasteiger partial charge >= 0.3 is 0 Å². The molecule has 0 spiro atoms. The van der Waals surface area contributed by atoms with Gasteiger partial charge in [0, 0.05) is 11.8 Å². The molecule has 4 nitrogen and oxygen atoms in total. The van der Waals surface area contributed by atoms with Crippen LogP contribution in [0, 0.1) is 6.92 Å². The minimum Gasteiger partial charge on any atom is -0.296 e. The number of rotatable bonds is 1. The molecular weight excluding hydrogens is 154 g/mol. The topological polar surface area (TPSA) is 47.3 Å². The summed E-state index contributed by atoms with van der Waals surface area (Å²) in [6.07, 6.45) is 3.89. The molecule has 0 aliphatic carbocycles. The Labute approximate surface area is 68.9 Å². The van der Waals surface area contributed by atoms with E-state index in [2.05, 4.69) is 9.97 Å². The van der Waals surface area contributed by atoms with Crippen LogP contribution in [-0.4, -0.2) is 20.7 Å². The molecule has 2 aromatic heterocycles. The first-order valence-corrected chi connectivity index (χ1v) is 3.56. The van der Waals surface area contributed by atoms with Gasteiger partial charge in [-0.2, -0.15) is 0 Å². The van der Waals surface area contributed by atoms with E-state index >= 15 is 0 Å². The first-order chi connectivity index (χ1) is 5.81. The second-order valence-electron chi connectivity index (χ2n) is 2.56. The van der Waals surface area contributed by atoms with Gasteiger partial charge in [-0.15, -0.1) is 0 Å². The molecule has 0 fully saturated rings. The fourth-order valence-electron chi connectivity index (χ4n) is 1.08. The number of carbonyl (C=O) groups is 1. The SMILES string of the molecule is Cc1cc2ncc(C=O)n2cn1. The summed E-state index contributed by atoms with van der Waals surface area (Å²) < 4.78 is 1.65. The number of aryl methyl sites for hydroxylation is 1. The molecule has 2 aromatic rings. The fraction of sp³-hybridized carbons (Fsp3) is 0.125. The predicted molar refractivity (Wildman–Crippen MR) is 43.1 cm³/mol. The molecule has 2 rings (SSSR count). The van der Waals surface area contributed by atoms with Crippen LogP contribution in [0.5, 0.6) is 0 Å². The number of aromatic nitrogens is 3. The molecule has 0 saturated carbocycles. The van der Waals surface area contributed by atoms with E-state index < -0.39 is 0 Å². The Hall–Kier alpha value is -1.71. The van der Waals surface area contributed by atoms with Gasteiger partial charge in [0.1, 0.15) is 17.7 Å². The van der Waals surface area contributed by atoms with Crippen molar-refractivity contribution in [3.63, 3.8) is 0 Å². The second kappa shape index (κ2) is 2.41. The molecular formula is C8H7N3O. The van der Waals surface area contributed by atoms with Crippen molar-refractivity contribution in [3.05, 3.63) is 30.0 Å². The smallest absolute Gasteiger partial charge is 0.168 e. The zero-order valence-corrected chi connectivity index (χ0v) is 6.56. The Balaban J connectivity index is 2.81. The van der Waals surface area contributed by atoms with Crippen LogP contribution < -0.4 is 0 Å². The van der Waals surface area contributed by atoms with E-state index in [0.717, 1.165) is 17.6 Å². The predicted octanol–water partition coefficient (Wildman–Crippen LogP) is 0.850. The molecule has 0 radical (unpaired) electrons. The lowest BCUT2D eigenvalue weighted by molar-refractivity contribution is 0.111. The highest BCUT2D eigenvalue weighted by Crippen LogP contribution is 2.04. The second-order valence-corrected chi connectivity index (χ2v) is 2.56. The highest BCUT2D eigenvalue weighted by atomic mass is 16.1. The van der Waals surface area contributed by atoms with Crippen molar-refractivity contribution in [3.8, 4) is 0 Å². The van der Waals surface area contributed by atoms with Crippen molar-refractivity contribution in [2.24, 2.45) is 0 Å². The number of fused-ring (bicyclic) bond motifs is 1. The summed E-state index contributed by atoms with van der Waals surface area (Å²) in [5.41, 5.74) is 2.17. The van der Waals surface area contributed by atoms with Crippen LogP contribution in [0.3, 0.4) is 0 Å². The maximum atomic E-state index is 10.5. The quantitative estimate of drug-likeness (QED) is 0.582. The average molecular weight is 161 g/mol. The Morgan fingerprint density at radius 2 is 2.33 bits per heavy atom. The van der Waals surface area contributed by atoms with Gasteiger partial charge < -0.3 is 0 Å². The largest absolute Gasteiger partial charge is 0.296 e. The molecule has 2 heterocycles. The van der Waals surface area contributed by atoms with Crippen LogP contribution in [-0.2, 0) is 0 Å². The highest BCUT2D eigenvalue weighted by molar-refractivity contribution is 5.73. The zero-order chi connectivity index (χ0) is 8.55. The molecule has 0 aliphatic heterocycles. The summed E-state index contributed by atoms with van der Waals surface area (Å²) in [5.74, 6) is 0. The van der Waals surface area contributed by atoms with E-state index in [1.165, 1.54) is 6.20 Å². The third-order valence-corrected chi connectivity index (χ3v) is 1.69. The van der Waals surface area contributed by atoms with Crippen LogP contribution in [0.2, 0.25) is 0 Å². The number of nitrogens with zero attached hydrogens (tertiary/aromatic N) is 3. The molecule has 0 bridgehead atoms. The van der Waals surface area contributed by atoms with Crippen LogP contribution in [0.4, 0.5) is 0 Å². The number of imidazole rings is 1. The van der Waals surface area contributed by atoms with Gasteiger partial charge in [0.05, 0.1) is 6.20 Å². The highest BCUT2D eigenvalue weighted by Gasteiger charge is 2.00. The minimum absolute atomic E-state index is 0.525. The minimum atomic E-state index is 0.525. The van der Waals surface area contributed by atoms with Gasteiger partial charge in [0.25, 0.3) is 0 Å². The van der Waals surface area contributed by atoms with E-state index in [-0.39, 0.29) is 0 Å². The molecule has 4 heteroatoms. The number of hydrogen-bond donors (Lipinski definition) is 0. The number of hydrogen-bond acceptors (Lipinski definition) is 3. The lowest BCUT2D eigenvalue weighted by atomic mass is 10.4. The molecule has 0 unspecified atom stereocenters. The van der Waals surface area contributed by atoms with Gasteiger partial charge in [-0.05, 0) is 6.92 Å². The molecule has 0 aliphatic rings. The summed E-state index contributed by atoms with van der Waals surface area (Å²) in [6, 6.07) is 1.83. The first kappa shape index (κ1) is 6.97. The molecule has 12 heavy (non-hydrogen) atoms. The van der Waals surface area contributed by atoms with Crippen molar-refractivity contribution in [1.29, 1.82) is 0 Å². The summed E-state index contributed by atoms with van der Waals surface area (Å²) >= 11 is 0. The summed E-state index contributed by atoms with van der Waals surface area (Å²) in [7, 11) is 0. The maximum Gasteiger partial charge on any atom is 0.168 e. The van der Waals surface area contributed by atoms with E-state index in [9.17, 15) is 4.79 Å². The Bertz CT molecular complexity index is 433. The Kier molecular flexibility index (Phi) is 1.40. The number of carbonyl (C=O) groups excluding carboxylic acids is 1. The Morgan fingerprint density at radius 1 is 1.50 bits per heavy atom. The van der Waals surface area contributed by atoms with Crippen LogP contribution in [0.15, 0.2) is 18.6 Å². The third kappa shape index (κ3) is 0.887. The van der Waals surface area contributed by atoms with Crippen LogP contribution in [0.25, 0.3) is 5.65 Å². The third-order valence-electron chi connectivity index (χ3n) is 1.69. The van der Waals surface area contributed by atoms with Crippen molar-refractivity contribution in [2.45, 2.75) is 6.92 Å². The average Bonchev–Trinajstić information content (AvgIpc) is 2.46. The van der Waals surface area contributed by atoms with E-state index in [1.54, 1.807) is 10.7 Å². The van der Waals surface area contributed by atoms with Gasteiger partial charge in [0.2, 0.25) is 0 Å². The summed E-state index contributed by atoms with van der Waals surface area (Å²) in [5, 5.41) is 0. The van der Waals surface area contributed by atoms with Crippen molar-refractivity contribution in [1.82, 2.24) is 14.4 Å². The van der Waals surface area contributed by atoms with Crippen LogP contribution >= 0.6 is 0 Å². The molecule has 0 saturated heterocycles. The fourth-order valence-corrected chi connectivity index (χ4v) is 1.08. The number of aldehydes is 1. The monoisotopic (exact) mass is 161 g/mol. The lowest BCUT2D eigenvalue weighted by Crippen LogP contribution is -1.93. The lowest BCUT2D eigenvalue weighted by Gasteiger charge is -1.94. The summed E-state index contributed by atoms with van der Waals surface area (Å²) in [6.45, 7) is 1.88. The van der Waals surface area contributed by atoms with Gasteiger partial charge in [0.15, 0.2) is 6.29 Å². The first-order valence-electron chi connectivity index (χ1n) is 3.56. The standard InChI is InChI=1S/C8H7N3O/c1-6-2-8-9-3-7(4-12)11(8)5-10-6/h2-5H,1H3. The molecule has 0 amide bonds. The van der Waals surface area contributed by atoms with Crippen molar-refractivity contribution in [2.75, 3.05) is 0 Å². The molecule has 0 N–H and O–H groups in total. The molecule has 0 atom stereocenters. The van der Waals surface area contributed by atoms with Gasteiger partial charge in [-0.25, -0.2) is 9.97 Å². The molecule has 0 aromatic carbocycles. The normalized spacial score (nSPS) is 10.4. The zero-order valence-electron chi connectivity index (χ0n) is 6.56. The maximum absolute atomic E-state index is 10.5. The van der Waals surface area contributed by atoms with E-state index in [1.807, 2.05) is 13.0 Å². The Morgan fingerprint density at radius 3 is 3.08 bits per heavy atom. The van der Waals surface area contributed by atoms with E-state index in [4.69, 9.17) is 0 Å². The van der Waals surface area contributed by atoms with E-state index in [0.29, 0.717) is 5.69 Å². The van der Waals surface area contributed by atoms with Crippen molar-refractivity contribution < 1.29 is 4.79 Å². The van der Waals surface area contributed by atoms with Crippen molar-refractivity contribution >= 4 is 11.9 Å². The van der Waals surface area contributed by atoms with Gasteiger partial charge in [-0.1, -0.05) is 0 Å².